The number of carbonyl (C=O) groups is 1. The predicted octanol–water partition coefficient (Wildman–Crippen LogP) is 4.01. The van der Waals surface area contributed by atoms with Crippen molar-refractivity contribution < 1.29 is 9.18 Å². The Kier molecular flexibility index (Phi) is 5.76. The van der Waals surface area contributed by atoms with Gasteiger partial charge in [0.1, 0.15) is 5.82 Å². The van der Waals surface area contributed by atoms with Gasteiger partial charge in [0.2, 0.25) is 5.95 Å². The highest BCUT2D eigenvalue weighted by Gasteiger charge is 2.12. The van der Waals surface area contributed by atoms with E-state index in [-0.39, 0.29) is 11.7 Å². The summed E-state index contributed by atoms with van der Waals surface area (Å²) in [5.74, 6) is -0.0363. The number of hydrogen-bond acceptors (Lipinski definition) is 4. The summed E-state index contributed by atoms with van der Waals surface area (Å²) in [6.45, 7) is 5.08. The summed E-state index contributed by atoms with van der Waals surface area (Å²) >= 11 is 0. The maximum Gasteiger partial charge on any atom is 0.254 e. The number of benzene rings is 2. The molecule has 1 N–H and O–H groups in total. The van der Waals surface area contributed by atoms with E-state index >= 15 is 0 Å². The summed E-state index contributed by atoms with van der Waals surface area (Å²) in [7, 11) is 0. The lowest BCUT2D eigenvalue weighted by Gasteiger charge is -2.21. The lowest BCUT2D eigenvalue weighted by molar-refractivity contribution is 0.0950. The van der Waals surface area contributed by atoms with Crippen molar-refractivity contribution in [3.8, 4) is 0 Å². The van der Waals surface area contributed by atoms with Crippen molar-refractivity contribution in [3.63, 3.8) is 0 Å². The number of hydrogen-bond donors (Lipinski definition) is 1. The molecule has 1 amide bonds. The number of anilines is 2. The Bertz CT molecular complexity index is 910. The van der Waals surface area contributed by atoms with E-state index in [0.717, 1.165) is 16.8 Å². The standard InChI is InChI=1S/C21H21FN4O/c1-3-26(19-6-4-5-15(2)11-19)21-24-13-17(14-25-21)20(27)23-12-16-7-9-18(22)10-8-16/h4-11,13-14H,3,12H2,1-2H3,(H,23,27). The molecule has 27 heavy (non-hydrogen) atoms. The van der Waals surface area contributed by atoms with Crippen LogP contribution in [0.1, 0.15) is 28.4 Å². The molecule has 3 aromatic rings. The Morgan fingerprint density at radius 1 is 1.11 bits per heavy atom. The first-order chi connectivity index (χ1) is 13.1. The van der Waals surface area contributed by atoms with E-state index in [2.05, 4.69) is 21.4 Å². The van der Waals surface area contributed by atoms with Gasteiger partial charge >= 0.3 is 0 Å². The van der Waals surface area contributed by atoms with Crippen molar-refractivity contribution in [2.45, 2.75) is 20.4 Å². The van der Waals surface area contributed by atoms with Crippen LogP contribution in [0.4, 0.5) is 16.0 Å². The molecule has 6 heteroatoms. The molecule has 1 aromatic heterocycles. The maximum absolute atomic E-state index is 12.9. The van der Waals surface area contributed by atoms with E-state index in [1.165, 1.54) is 24.5 Å². The number of rotatable bonds is 6. The summed E-state index contributed by atoms with van der Waals surface area (Å²) in [6.07, 6.45) is 3.03. The molecule has 0 fully saturated rings. The van der Waals surface area contributed by atoms with E-state index in [1.807, 2.05) is 36.9 Å². The van der Waals surface area contributed by atoms with Crippen molar-refractivity contribution in [2.24, 2.45) is 0 Å². The van der Waals surface area contributed by atoms with Gasteiger partial charge in [-0.1, -0.05) is 24.3 Å². The van der Waals surface area contributed by atoms with Gasteiger partial charge in [-0.3, -0.25) is 4.79 Å². The third-order valence-electron chi connectivity index (χ3n) is 4.14. The Morgan fingerprint density at radius 3 is 2.44 bits per heavy atom. The van der Waals surface area contributed by atoms with E-state index in [1.54, 1.807) is 12.1 Å². The Balaban J connectivity index is 1.68. The quantitative estimate of drug-likeness (QED) is 0.718. The average Bonchev–Trinajstić information content (AvgIpc) is 2.68. The molecular weight excluding hydrogens is 343 g/mol. The molecule has 0 bridgehead atoms. The van der Waals surface area contributed by atoms with Gasteiger partial charge in [0, 0.05) is 31.2 Å². The van der Waals surface area contributed by atoms with Crippen LogP contribution in [-0.2, 0) is 6.54 Å². The molecule has 0 atom stereocenters. The van der Waals surface area contributed by atoms with Crippen molar-refractivity contribution in [1.82, 2.24) is 15.3 Å². The second-order valence-corrected chi connectivity index (χ2v) is 6.16. The molecular formula is C21H21FN4O. The van der Waals surface area contributed by atoms with Crippen molar-refractivity contribution in [2.75, 3.05) is 11.4 Å². The van der Waals surface area contributed by atoms with Gasteiger partial charge < -0.3 is 10.2 Å². The first-order valence-electron chi connectivity index (χ1n) is 8.75. The molecule has 2 aromatic carbocycles. The number of nitrogens with one attached hydrogen (secondary N) is 1. The summed E-state index contributed by atoms with van der Waals surface area (Å²) < 4.78 is 12.9. The van der Waals surface area contributed by atoms with Crippen LogP contribution in [0.15, 0.2) is 60.9 Å². The molecule has 0 saturated carbocycles. The van der Waals surface area contributed by atoms with E-state index in [0.29, 0.717) is 24.6 Å². The molecule has 0 aliphatic carbocycles. The SMILES string of the molecule is CCN(c1cccc(C)c1)c1ncc(C(=O)NCc2ccc(F)cc2)cn1. The van der Waals surface area contributed by atoms with Gasteiger partial charge in [-0.05, 0) is 49.2 Å². The van der Waals surface area contributed by atoms with Crippen molar-refractivity contribution in [3.05, 3.63) is 83.4 Å². The zero-order valence-corrected chi connectivity index (χ0v) is 15.3. The predicted molar refractivity (Wildman–Crippen MR) is 103 cm³/mol. The first kappa shape index (κ1) is 18.5. The summed E-state index contributed by atoms with van der Waals surface area (Å²) in [5.41, 5.74) is 3.36. The maximum atomic E-state index is 12.9. The molecule has 0 aliphatic rings. The fourth-order valence-corrected chi connectivity index (χ4v) is 2.70. The van der Waals surface area contributed by atoms with Gasteiger partial charge in [-0.25, -0.2) is 14.4 Å². The molecule has 3 rings (SSSR count). The first-order valence-corrected chi connectivity index (χ1v) is 8.75. The van der Waals surface area contributed by atoms with Crippen LogP contribution < -0.4 is 10.2 Å². The number of aryl methyl sites for hydroxylation is 1. The smallest absolute Gasteiger partial charge is 0.254 e. The highest BCUT2D eigenvalue weighted by Crippen LogP contribution is 2.22. The van der Waals surface area contributed by atoms with Crippen molar-refractivity contribution >= 4 is 17.5 Å². The fourth-order valence-electron chi connectivity index (χ4n) is 2.70. The number of nitrogens with zero attached hydrogens (tertiary/aromatic N) is 3. The zero-order valence-electron chi connectivity index (χ0n) is 15.3. The van der Waals surface area contributed by atoms with E-state index in [4.69, 9.17) is 0 Å². The number of halogens is 1. The molecule has 0 radical (unpaired) electrons. The van der Waals surface area contributed by atoms with E-state index < -0.39 is 0 Å². The van der Waals surface area contributed by atoms with Crippen LogP contribution in [0.3, 0.4) is 0 Å². The van der Waals surface area contributed by atoms with Crippen LogP contribution in [0.5, 0.6) is 0 Å². The normalized spacial score (nSPS) is 10.5. The van der Waals surface area contributed by atoms with Crippen LogP contribution in [0, 0.1) is 12.7 Å². The Labute approximate surface area is 157 Å². The number of amides is 1. The zero-order chi connectivity index (χ0) is 19.2. The second kappa shape index (κ2) is 8.40. The minimum absolute atomic E-state index is 0.274. The fraction of sp³-hybridized carbons (Fsp3) is 0.190. The molecule has 0 unspecified atom stereocenters. The molecule has 0 spiro atoms. The third kappa shape index (κ3) is 4.67. The summed E-state index contributed by atoms with van der Waals surface area (Å²) in [5, 5.41) is 2.78. The van der Waals surface area contributed by atoms with Gasteiger partial charge in [0.05, 0.1) is 5.56 Å². The lowest BCUT2D eigenvalue weighted by Crippen LogP contribution is -2.24. The molecule has 0 saturated heterocycles. The molecule has 1 heterocycles. The minimum atomic E-state index is -0.303. The highest BCUT2D eigenvalue weighted by molar-refractivity contribution is 5.93. The monoisotopic (exact) mass is 364 g/mol. The minimum Gasteiger partial charge on any atom is -0.348 e. The summed E-state index contributed by atoms with van der Waals surface area (Å²) in [4.78, 5) is 22.9. The average molecular weight is 364 g/mol. The topological polar surface area (TPSA) is 58.1 Å². The van der Waals surface area contributed by atoms with Gasteiger partial charge in [0.15, 0.2) is 0 Å². The lowest BCUT2D eigenvalue weighted by atomic mass is 10.2. The number of aromatic nitrogens is 2. The van der Waals surface area contributed by atoms with Crippen LogP contribution in [-0.4, -0.2) is 22.4 Å². The third-order valence-corrected chi connectivity index (χ3v) is 4.14. The van der Waals surface area contributed by atoms with Crippen LogP contribution in [0.25, 0.3) is 0 Å². The van der Waals surface area contributed by atoms with E-state index in [9.17, 15) is 9.18 Å². The van der Waals surface area contributed by atoms with Crippen LogP contribution in [0.2, 0.25) is 0 Å². The van der Waals surface area contributed by atoms with Gasteiger partial charge in [-0.15, -0.1) is 0 Å². The van der Waals surface area contributed by atoms with Gasteiger partial charge in [0.25, 0.3) is 5.91 Å². The van der Waals surface area contributed by atoms with Crippen LogP contribution >= 0.6 is 0 Å². The number of carbonyl (C=O) groups excluding carboxylic acids is 1. The Hall–Kier alpha value is -3.28. The highest BCUT2D eigenvalue weighted by atomic mass is 19.1. The second-order valence-electron chi connectivity index (χ2n) is 6.16. The molecule has 5 nitrogen and oxygen atoms in total. The molecule has 138 valence electrons. The van der Waals surface area contributed by atoms with Crippen molar-refractivity contribution in [1.29, 1.82) is 0 Å². The Morgan fingerprint density at radius 2 is 1.81 bits per heavy atom. The van der Waals surface area contributed by atoms with Gasteiger partial charge in [-0.2, -0.15) is 0 Å². The largest absolute Gasteiger partial charge is 0.348 e. The molecule has 0 aliphatic heterocycles. The summed E-state index contributed by atoms with van der Waals surface area (Å²) in [6, 6.07) is 14.1.